The Morgan fingerprint density at radius 3 is 2.64 bits per heavy atom. The van der Waals surface area contributed by atoms with Crippen molar-refractivity contribution >= 4 is 22.0 Å². The van der Waals surface area contributed by atoms with Gasteiger partial charge in [-0.05, 0) is 17.9 Å². The van der Waals surface area contributed by atoms with E-state index in [4.69, 9.17) is 5.73 Å². The summed E-state index contributed by atoms with van der Waals surface area (Å²) in [6.45, 7) is 5.10. The fourth-order valence-electron chi connectivity index (χ4n) is 2.68. The highest BCUT2D eigenvalue weighted by Crippen LogP contribution is 2.29. The molecule has 22 heavy (non-hydrogen) atoms. The van der Waals surface area contributed by atoms with E-state index in [2.05, 4.69) is 29.1 Å². The summed E-state index contributed by atoms with van der Waals surface area (Å²) >= 11 is 0. The molecule has 2 heterocycles. The number of nitrogen functional groups attached to an aromatic ring is 1. The molecule has 1 aliphatic heterocycles. The SMILES string of the molecule is CC(C)[C@H]1CN(S(=O)(=O)N(C)C)C[C@@H]1Nc1ccnc(N)n1. The van der Waals surface area contributed by atoms with Gasteiger partial charge >= 0.3 is 0 Å². The van der Waals surface area contributed by atoms with Gasteiger partial charge in [-0.2, -0.15) is 22.0 Å². The molecule has 0 saturated carbocycles. The van der Waals surface area contributed by atoms with E-state index in [0.29, 0.717) is 24.8 Å². The lowest BCUT2D eigenvalue weighted by Gasteiger charge is -2.23. The van der Waals surface area contributed by atoms with E-state index >= 15 is 0 Å². The second-order valence-corrected chi connectivity index (χ2v) is 8.21. The van der Waals surface area contributed by atoms with E-state index < -0.39 is 10.2 Å². The zero-order valence-electron chi connectivity index (χ0n) is 13.4. The maximum absolute atomic E-state index is 12.3. The van der Waals surface area contributed by atoms with E-state index in [0.717, 1.165) is 0 Å². The predicted molar refractivity (Wildman–Crippen MR) is 86.4 cm³/mol. The van der Waals surface area contributed by atoms with Crippen LogP contribution in [0.25, 0.3) is 0 Å². The van der Waals surface area contributed by atoms with Crippen molar-refractivity contribution in [2.45, 2.75) is 19.9 Å². The fourth-order valence-corrected chi connectivity index (χ4v) is 3.85. The van der Waals surface area contributed by atoms with Crippen LogP contribution < -0.4 is 11.1 Å². The van der Waals surface area contributed by atoms with Gasteiger partial charge in [0.25, 0.3) is 10.2 Å². The summed E-state index contributed by atoms with van der Waals surface area (Å²) < 4.78 is 27.4. The van der Waals surface area contributed by atoms with Crippen molar-refractivity contribution in [2.75, 3.05) is 38.2 Å². The number of anilines is 2. The molecule has 1 aromatic heterocycles. The van der Waals surface area contributed by atoms with Gasteiger partial charge in [0, 0.05) is 39.4 Å². The third-order valence-electron chi connectivity index (χ3n) is 3.98. The number of nitrogens with two attached hydrogens (primary N) is 1. The normalized spacial score (nSPS) is 23.4. The number of hydrogen-bond acceptors (Lipinski definition) is 6. The molecule has 1 fully saturated rings. The van der Waals surface area contributed by atoms with Crippen LogP contribution in [0.15, 0.2) is 12.3 Å². The summed E-state index contributed by atoms with van der Waals surface area (Å²) in [6, 6.07) is 1.72. The molecule has 1 aliphatic rings. The van der Waals surface area contributed by atoms with Crippen molar-refractivity contribution in [3.05, 3.63) is 12.3 Å². The molecule has 0 aliphatic carbocycles. The first-order valence-electron chi connectivity index (χ1n) is 7.24. The Balaban J connectivity index is 2.19. The van der Waals surface area contributed by atoms with Crippen LogP contribution in [0.3, 0.4) is 0 Å². The van der Waals surface area contributed by atoms with Crippen molar-refractivity contribution in [3.63, 3.8) is 0 Å². The molecular formula is C13H24N6O2S. The smallest absolute Gasteiger partial charge is 0.281 e. The van der Waals surface area contributed by atoms with Crippen LogP contribution in [0.2, 0.25) is 0 Å². The minimum absolute atomic E-state index is 0.0102. The lowest BCUT2D eigenvalue weighted by atomic mass is 9.91. The van der Waals surface area contributed by atoms with E-state index in [-0.39, 0.29) is 17.9 Å². The summed E-state index contributed by atoms with van der Waals surface area (Å²) in [4.78, 5) is 7.99. The Bertz CT molecular complexity index is 619. The number of nitrogens with zero attached hydrogens (tertiary/aromatic N) is 4. The third-order valence-corrected chi connectivity index (χ3v) is 5.86. The molecule has 8 nitrogen and oxygen atoms in total. The lowest BCUT2D eigenvalue weighted by Crippen LogP contribution is -2.39. The van der Waals surface area contributed by atoms with Crippen LogP contribution in [0, 0.1) is 11.8 Å². The van der Waals surface area contributed by atoms with Gasteiger partial charge in [0.15, 0.2) is 0 Å². The zero-order valence-corrected chi connectivity index (χ0v) is 14.2. The van der Waals surface area contributed by atoms with E-state index in [1.807, 2.05) is 0 Å². The average molecular weight is 328 g/mol. The van der Waals surface area contributed by atoms with Crippen LogP contribution in [0.5, 0.6) is 0 Å². The molecule has 124 valence electrons. The van der Waals surface area contributed by atoms with Crippen LogP contribution in [-0.2, 0) is 10.2 Å². The van der Waals surface area contributed by atoms with Crippen LogP contribution in [0.4, 0.5) is 11.8 Å². The van der Waals surface area contributed by atoms with Gasteiger partial charge in [-0.25, -0.2) is 4.98 Å². The molecule has 9 heteroatoms. The molecule has 0 radical (unpaired) electrons. The number of nitrogens with one attached hydrogen (secondary N) is 1. The van der Waals surface area contributed by atoms with Crippen LogP contribution in [-0.4, -0.2) is 60.2 Å². The molecule has 1 aromatic rings. The average Bonchev–Trinajstić information content (AvgIpc) is 2.83. The Morgan fingerprint density at radius 1 is 1.41 bits per heavy atom. The topological polar surface area (TPSA) is 104 Å². The Hall–Kier alpha value is -1.45. The molecule has 2 atom stereocenters. The van der Waals surface area contributed by atoms with E-state index in [9.17, 15) is 8.42 Å². The molecule has 0 bridgehead atoms. The summed E-state index contributed by atoms with van der Waals surface area (Å²) in [7, 11) is -0.313. The molecule has 0 spiro atoms. The molecule has 0 unspecified atom stereocenters. The highest BCUT2D eigenvalue weighted by Gasteiger charge is 2.40. The molecule has 0 aromatic carbocycles. The molecule has 0 amide bonds. The Morgan fingerprint density at radius 2 is 2.09 bits per heavy atom. The second-order valence-electron chi connectivity index (χ2n) is 6.07. The lowest BCUT2D eigenvalue weighted by molar-refractivity contribution is 0.366. The van der Waals surface area contributed by atoms with Crippen molar-refractivity contribution < 1.29 is 8.42 Å². The number of hydrogen-bond donors (Lipinski definition) is 2. The molecular weight excluding hydrogens is 304 g/mol. The zero-order chi connectivity index (χ0) is 16.5. The predicted octanol–water partition coefficient (Wildman–Crippen LogP) is 0.234. The van der Waals surface area contributed by atoms with Crippen LogP contribution in [0.1, 0.15) is 13.8 Å². The van der Waals surface area contributed by atoms with Gasteiger partial charge in [0.2, 0.25) is 5.95 Å². The van der Waals surface area contributed by atoms with Crippen LogP contribution >= 0.6 is 0 Å². The van der Waals surface area contributed by atoms with E-state index in [1.54, 1.807) is 26.4 Å². The Kier molecular flexibility index (Phi) is 4.88. The summed E-state index contributed by atoms with van der Waals surface area (Å²) in [6.07, 6.45) is 1.58. The standard InChI is InChI=1S/C13H24N6O2S/c1-9(2)10-7-19(22(20,21)18(3)4)8-11(10)16-12-5-6-15-13(14)17-12/h5-6,9-11H,7-8H2,1-4H3,(H3,14,15,16,17)/t10-,11+/m1/s1. The summed E-state index contributed by atoms with van der Waals surface area (Å²) in [5.74, 6) is 1.36. The van der Waals surface area contributed by atoms with Gasteiger partial charge in [-0.15, -0.1) is 0 Å². The maximum Gasteiger partial charge on any atom is 0.281 e. The van der Waals surface area contributed by atoms with Crippen molar-refractivity contribution in [1.82, 2.24) is 18.6 Å². The van der Waals surface area contributed by atoms with Crippen molar-refractivity contribution in [1.29, 1.82) is 0 Å². The van der Waals surface area contributed by atoms with Gasteiger partial charge in [-0.1, -0.05) is 13.8 Å². The maximum atomic E-state index is 12.3. The van der Waals surface area contributed by atoms with Gasteiger partial charge < -0.3 is 11.1 Å². The highest BCUT2D eigenvalue weighted by molar-refractivity contribution is 7.86. The summed E-state index contributed by atoms with van der Waals surface area (Å²) in [5.41, 5.74) is 5.59. The molecule has 1 saturated heterocycles. The monoisotopic (exact) mass is 328 g/mol. The number of rotatable bonds is 5. The quantitative estimate of drug-likeness (QED) is 0.802. The van der Waals surface area contributed by atoms with Crippen molar-refractivity contribution in [2.24, 2.45) is 11.8 Å². The summed E-state index contributed by atoms with van der Waals surface area (Å²) in [5, 5.41) is 3.30. The molecule has 3 N–H and O–H groups in total. The van der Waals surface area contributed by atoms with Crippen molar-refractivity contribution in [3.8, 4) is 0 Å². The second kappa shape index (κ2) is 6.35. The highest BCUT2D eigenvalue weighted by atomic mass is 32.2. The third kappa shape index (κ3) is 3.47. The van der Waals surface area contributed by atoms with Gasteiger partial charge in [-0.3, -0.25) is 0 Å². The first-order chi connectivity index (χ1) is 10.2. The van der Waals surface area contributed by atoms with Gasteiger partial charge in [0.1, 0.15) is 5.82 Å². The van der Waals surface area contributed by atoms with E-state index in [1.165, 1.54) is 8.61 Å². The number of aromatic nitrogens is 2. The first-order valence-corrected chi connectivity index (χ1v) is 8.64. The van der Waals surface area contributed by atoms with Gasteiger partial charge in [0.05, 0.1) is 0 Å². The minimum Gasteiger partial charge on any atom is -0.368 e. The fraction of sp³-hybridized carbons (Fsp3) is 0.692. The largest absolute Gasteiger partial charge is 0.368 e. The molecule has 2 rings (SSSR count). The minimum atomic E-state index is -3.41. The Labute approximate surface area is 131 Å². The first kappa shape index (κ1) is 16.9.